The number of amides is 1. The summed E-state index contributed by atoms with van der Waals surface area (Å²) in [7, 11) is 0. The number of carbonyl (C=O) groups is 2. The average molecular weight is 582 g/mol. The van der Waals surface area contributed by atoms with E-state index >= 15 is 0 Å². The van der Waals surface area contributed by atoms with Gasteiger partial charge in [-0.2, -0.15) is 0 Å². The third kappa shape index (κ3) is 7.26. The van der Waals surface area contributed by atoms with Gasteiger partial charge in [0, 0.05) is 23.4 Å². The summed E-state index contributed by atoms with van der Waals surface area (Å²) in [5.41, 5.74) is 4.01. The van der Waals surface area contributed by atoms with Gasteiger partial charge in [0.2, 0.25) is 5.91 Å². The zero-order valence-electron chi connectivity index (χ0n) is 21.7. The number of hydrogen-bond acceptors (Lipinski definition) is 5. The highest BCUT2D eigenvalue weighted by atomic mass is 35.5. The molecule has 0 fully saturated rings. The van der Waals surface area contributed by atoms with Gasteiger partial charge in [0.1, 0.15) is 6.04 Å². The number of H-pyrrole nitrogens is 1. The fourth-order valence-electron chi connectivity index (χ4n) is 4.17. The Balaban J connectivity index is 0.00000420. The summed E-state index contributed by atoms with van der Waals surface area (Å²) in [5.74, 6) is -0.657. The Morgan fingerprint density at radius 3 is 1.77 bits per heavy atom. The van der Waals surface area contributed by atoms with Crippen molar-refractivity contribution < 1.29 is 14.7 Å². The molecule has 1 aromatic heterocycles. The minimum Gasteiger partial charge on any atom is -0.480 e. The molecular formula is C30H32ClN3O3S2. The summed E-state index contributed by atoms with van der Waals surface area (Å²) in [6.07, 6.45) is 3.31. The van der Waals surface area contributed by atoms with E-state index in [0.29, 0.717) is 5.75 Å². The quantitative estimate of drug-likeness (QED) is 0.174. The van der Waals surface area contributed by atoms with Gasteiger partial charge in [-0.15, -0.1) is 35.9 Å². The Morgan fingerprint density at radius 2 is 1.36 bits per heavy atom. The highest BCUT2D eigenvalue weighted by molar-refractivity contribution is 8.01. The van der Waals surface area contributed by atoms with Crippen LogP contribution in [0.1, 0.15) is 36.2 Å². The fraction of sp³-hybridized carbons (Fsp3) is 0.233. The van der Waals surface area contributed by atoms with Crippen LogP contribution in [0.2, 0.25) is 0 Å². The number of rotatable bonds is 12. The van der Waals surface area contributed by atoms with E-state index in [0.717, 1.165) is 22.4 Å². The first-order valence-electron chi connectivity index (χ1n) is 12.3. The second-order valence-electron chi connectivity index (χ2n) is 9.33. The van der Waals surface area contributed by atoms with Crippen LogP contribution in [0.5, 0.6) is 0 Å². The van der Waals surface area contributed by atoms with Crippen molar-refractivity contribution >= 4 is 47.8 Å². The molecule has 1 amide bonds. The molecule has 0 spiro atoms. The molecule has 0 saturated heterocycles. The van der Waals surface area contributed by atoms with Crippen molar-refractivity contribution in [3.63, 3.8) is 0 Å². The van der Waals surface area contributed by atoms with Crippen LogP contribution in [-0.4, -0.2) is 43.5 Å². The van der Waals surface area contributed by atoms with Gasteiger partial charge in [0.15, 0.2) is 0 Å². The van der Waals surface area contributed by atoms with Gasteiger partial charge in [-0.3, -0.25) is 4.79 Å². The normalized spacial score (nSPS) is 12.3. The number of carboxylic acid groups (broad SMARTS) is 1. The zero-order chi connectivity index (χ0) is 27.0. The number of halogens is 1. The van der Waals surface area contributed by atoms with E-state index in [1.807, 2.05) is 54.6 Å². The molecule has 4 rings (SSSR count). The SMILES string of the molecule is CC(C)(SCc1cnc[nH]1)C(=O)N[C@@H](CSC(c1ccccc1)(c1ccccc1)c1ccccc1)C(=O)O.Cl. The lowest BCUT2D eigenvalue weighted by molar-refractivity contribution is -0.141. The minimum atomic E-state index is -1.07. The molecule has 0 unspecified atom stereocenters. The first-order chi connectivity index (χ1) is 18.3. The van der Waals surface area contributed by atoms with Gasteiger partial charge in [0.25, 0.3) is 0 Å². The number of aliphatic carboxylic acids is 1. The number of benzene rings is 3. The number of imidazole rings is 1. The van der Waals surface area contributed by atoms with E-state index in [-0.39, 0.29) is 24.1 Å². The molecule has 9 heteroatoms. The lowest BCUT2D eigenvalue weighted by atomic mass is 9.84. The molecular weight excluding hydrogens is 550 g/mol. The van der Waals surface area contributed by atoms with Gasteiger partial charge in [-0.1, -0.05) is 91.0 Å². The molecule has 4 aromatic rings. The first kappa shape index (κ1) is 30.3. The number of nitrogens with zero attached hydrogens (tertiary/aromatic N) is 1. The fourth-order valence-corrected chi connectivity index (χ4v) is 6.59. The van der Waals surface area contributed by atoms with Gasteiger partial charge in [-0.25, -0.2) is 9.78 Å². The molecule has 0 saturated carbocycles. The molecule has 1 atom stereocenters. The topological polar surface area (TPSA) is 95.1 Å². The second kappa shape index (κ2) is 13.7. The lowest BCUT2D eigenvalue weighted by Crippen LogP contribution is -2.50. The number of carboxylic acids is 1. The summed E-state index contributed by atoms with van der Waals surface area (Å²) >= 11 is 2.94. The lowest BCUT2D eigenvalue weighted by Gasteiger charge is -2.36. The summed E-state index contributed by atoms with van der Waals surface area (Å²) < 4.78 is -1.51. The minimum absolute atomic E-state index is 0. The summed E-state index contributed by atoms with van der Waals surface area (Å²) in [4.78, 5) is 32.7. The number of thioether (sulfide) groups is 2. The van der Waals surface area contributed by atoms with Gasteiger partial charge >= 0.3 is 5.97 Å². The Morgan fingerprint density at radius 1 is 0.872 bits per heavy atom. The Bertz CT molecular complexity index is 1220. The van der Waals surface area contributed by atoms with Crippen molar-refractivity contribution in [3.8, 4) is 0 Å². The molecule has 0 aliphatic heterocycles. The standard InChI is InChI=1S/C30H31N3O3S2.ClH/c1-29(2,37-19-25-18-31-21-32-25)28(36)33-26(27(34)35)20-38-30(22-12-6-3-7-13-22,23-14-8-4-9-15-23)24-16-10-5-11-17-24;/h3-18,21,26H,19-20H2,1-2H3,(H,31,32)(H,33,36)(H,34,35);1H/t26-;/m0./s1. The molecule has 0 radical (unpaired) electrons. The molecule has 1 heterocycles. The molecule has 0 aliphatic rings. The van der Waals surface area contributed by atoms with Crippen molar-refractivity contribution in [2.24, 2.45) is 0 Å². The third-order valence-corrected chi connectivity index (χ3v) is 9.30. The highest BCUT2D eigenvalue weighted by Crippen LogP contribution is 2.48. The van der Waals surface area contributed by atoms with E-state index in [4.69, 9.17) is 0 Å². The maximum atomic E-state index is 13.2. The molecule has 0 bridgehead atoms. The number of aromatic amines is 1. The van der Waals surface area contributed by atoms with Gasteiger partial charge < -0.3 is 15.4 Å². The average Bonchev–Trinajstić information content (AvgIpc) is 3.47. The molecule has 0 aliphatic carbocycles. The maximum Gasteiger partial charge on any atom is 0.327 e. The van der Waals surface area contributed by atoms with Crippen molar-refractivity contribution in [2.75, 3.05) is 5.75 Å². The number of hydrogen-bond donors (Lipinski definition) is 3. The highest BCUT2D eigenvalue weighted by Gasteiger charge is 2.39. The second-order valence-corrected chi connectivity index (χ2v) is 12.2. The van der Waals surface area contributed by atoms with Gasteiger partial charge in [0.05, 0.1) is 15.8 Å². The van der Waals surface area contributed by atoms with Crippen LogP contribution in [0, 0.1) is 0 Å². The summed E-state index contributed by atoms with van der Waals surface area (Å²) in [6.45, 7) is 3.61. The number of carbonyl (C=O) groups excluding carboxylic acids is 1. The molecule has 204 valence electrons. The Labute approximate surface area is 243 Å². The van der Waals surface area contributed by atoms with E-state index in [1.54, 1.807) is 26.4 Å². The van der Waals surface area contributed by atoms with E-state index in [2.05, 4.69) is 51.7 Å². The predicted molar refractivity (Wildman–Crippen MR) is 162 cm³/mol. The number of aromatic nitrogens is 2. The smallest absolute Gasteiger partial charge is 0.327 e. The van der Waals surface area contributed by atoms with Crippen LogP contribution in [0.3, 0.4) is 0 Å². The zero-order valence-corrected chi connectivity index (χ0v) is 24.2. The summed E-state index contributed by atoms with van der Waals surface area (Å²) in [5, 5.41) is 12.9. The molecule has 3 aromatic carbocycles. The predicted octanol–water partition coefficient (Wildman–Crippen LogP) is 6.14. The Kier molecular flexibility index (Phi) is 10.7. The summed E-state index contributed by atoms with van der Waals surface area (Å²) in [6, 6.07) is 29.2. The largest absolute Gasteiger partial charge is 0.480 e. The van der Waals surface area contributed by atoms with Crippen LogP contribution in [0.4, 0.5) is 0 Å². The van der Waals surface area contributed by atoms with E-state index in [1.165, 1.54) is 23.5 Å². The molecule has 3 N–H and O–H groups in total. The van der Waals surface area contributed by atoms with E-state index < -0.39 is 21.5 Å². The van der Waals surface area contributed by atoms with Crippen LogP contribution in [0.25, 0.3) is 0 Å². The van der Waals surface area contributed by atoms with Gasteiger partial charge in [-0.05, 0) is 30.5 Å². The van der Waals surface area contributed by atoms with Crippen molar-refractivity contribution in [2.45, 2.75) is 35.1 Å². The van der Waals surface area contributed by atoms with Crippen LogP contribution < -0.4 is 5.32 Å². The van der Waals surface area contributed by atoms with Crippen LogP contribution >= 0.6 is 35.9 Å². The molecule has 6 nitrogen and oxygen atoms in total. The Hall–Kier alpha value is -3.20. The van der Waals surface area contributed by atoms with E-state index in [9.17, 15) is 14.7 Å². The van der Waals surface area contributed by atoms with Crippen LogP contribution in [0.15, 0.2) is 104 Å². The van der Waals surface area contributed by atoms with Crippen LogP contribution in [-0.2, 0) is 20.1 Å². The third-order valence-electron chi connectivity index (χ3n) is 6.30. The first-order valence-corrected chi connectivity index (χ1v) is 14.3. The maximum absolute atomic E-state index is 13.2. The van der Waals surface area contributed by atoms with Crippen molar-refractivity contribution in [1.29, 1.82) is 0 Å². The number of nitrogens with one attached hydrogen (secondary N) is 2. The monoisotopic (exact) mass is 581 g/mol. The van der Waals surface area contributed by atoms with Crippen molar-refractivity contribution in [1.82, 2.24) is 15.3 Å². The molecule has 39 heavy (non-hydrogen) atoms. The van der Waals surface area contributed by atoms with Crippen molar-refractivity contribution in [3.05, 3.63) is 126 Å².